The maximum atomic E-state index is 12.7. The van der Waals surface area contributed by atoms with E-state index < -0.39 is 104 Å². The molecule has 0 saturated heterocycles. The average molecular weight is 1320 g/mol. The molecule has 0 fully saturated rings. The summed E-state index contributed by atoms with van der Waals surface area (Å²) >= 11 is 0. The molecule has 0 aromatic heterocycles. The van der Waals surface area contributed by atoms with E-state index in [2.05, 4.69) is 0 Å². The molecular formula is C72H70F20. The van der Waals surface area contributed by atoms with Gasteiger partial charge in [0.05, 0.1) is 0 Å². The SMILES string of the molecule is Cc1c(F)c(F)c(C)c(F)c1F.Cc1cc(F)c(C)c(F)c1.Cc1cc(F)c(C)c(F)c1.Cc1cc(F)c(C)c(F)c1F.Cc1cc(F)c(C)c(F)c1F.Cc1cc(F)c(C)cc1F.Cc1ccc(C)c(F)c1.Cc1ccc(C)c(F)c1.Cc1ccc(C)c(F)c1F. The van der Waals surface area contributed by atoms with Crippen molar-refractivity contribution >= 4 is 0 Å². The lowest BCUT2D eigenvalue weighted by molar-refractivity contribution is 0.436. The third kappa shape index (κ3) is 24.7. The van der Waals surface area contributed by atoms with Crippen LogP contribution >= 0.6 is 0 Å². The van der Waals surface area contributed by atoms with E-state index in [0.29, 0.717) is 44.5 Å². The van der Waals surface area contributed by atoms with Crippen molar-refractivity contribution < 1.29 is 87.8 Å². The molecule has 0 saturated carbocycles. The molecule has 9 aromatic rings. The van der Waals surface area contributed by atoms with Gasteiger partial charge in [0, 0.05) is 33.4 Å². The lowest BCUT2D eigenvalue weighted by Crippen LogP contribution is -2.02. The molecule has 0 unspecified atom stereocenters. The van der Waals surface area contributed by atoms with E-state index in [1.54, 1.807) is 52.0 Å². The monoisotopic (exact) mass is 1310 g/mol. The number of aryl methyl sites for hydroxylation is 12. The van der Waals surface area contributed by atoms with Gasteiger partial charge in [-0.1, -0.05) is 36.4 Å². The summed E-state index contributed by atoms with van der Waals surface area (Å²) in [7, 11) is 0. The smallest absolute Gasteiger partial charge is 0.165 e. The number of halogens is 20. The highest BCUT2D eigenvalue weighted by Crippen LogP contribution is 2.24. The van der Waals surface area contributed by atoms with Crippen molar-refractivity contribution in [3.63, 3.8) is 0 Å². The van der Waals surface area contributed by atoms with E-state index in [9.17, 15) is 87.8 Å². The Balaban J connectivity index is 0.000000518. The summed E-state index contributed by atoms with van der Waals surface area (Å²) < 4.78 is 252. The molecular weight excluding hydrogens is 1240 g/mol. The van der Waals surface area contributed by atoms with Crippen molar-refractivity contribution in [3.05, 3.63) is 314 Å². The Labute approximate surface area is 524 Å². The first kappa shape index (κ1) is 81.6. The zero-order valence-electron chi connectivity index (χ0n) is 53.8. The Morgan fingerprint density at radius 2 is 0.326 bits per heavy atom. The van der Waals surface area contributed by atoms with Crippen molar-refractivity contribution in [2.24, 2.45) is 0 Å². The summed E-state index contributed by atoms with van der Waals surface area (Å²) in [6.07, 6.45) is 0. The molecule has 0 nitrogen and oxygen atoms in total. The van der Waals surface area contributed by atoms with Gasteiger partial charge in [-0.05, 0) is 252 Å². The minimum absolute atomic E-state index is 0.00870. The van der Waals surface area contributed by atoms with Crippen LogP contribution in [0.3, 0.4) is 0 Å². The van der Waals surface area contributed by atoms with Gasteiger partial charge in [-0.25, -0.2) is 87.8 Å². The molecule has 498 valence electrons. The molecule has 9 aromatic carbocycles. The summed E-state index contributed by atoms with van der Waals surface area (Å²) in [5.74, 6) is -15.1. The maximum Gasteiger partial charge on any atom is 0.165 e. The number of hydrogen-bond acceptors (Lipinski definition) is 0. The minimum Gasteiger partial charge on any atom is -0.207 e. The van der Waals surface area contributed by atoms with Crippen LogP contribution in [-0.4, -0.2) is 0 Å². The second kappa shape index (κ2) is 37.2. The molecule has 0 radical (unpaired) electrons. The van der Waals surface area contributed by atoms with Crippen LogP contribution in [0.25, 0.3) is 0 Å². The van der Waals surface area contributed by atoms with Gasteiger partial charge in [0.15, 0.2) is 58.2 Å². The summed E-state index contributed by atoms with van der Waals surface area (Å²) in [5, 5.41) is 0. The number of hydrogen-bond donors (Lipinski definition) is 0. The van der Waals surface area contributed by atoms with Gasteiger partial charge >= 0.3 is 0 Å². The van der Waals surface area contributed by atoms with Crippen molar-refractivity contribution in [2.45, 2.75) is 125 Å². The third-order valence-corrected chi connectivity index (χ3v) is 13.3. The zero-order valence-corrected chi connectivity index (χ0v) is 53.8. The van der Waals surface area contributed by atoms with Gasteiger partial charge in [0.2, 0.25) is 0 Å². The van der Waals surface area contributed by atoms with Gasteiger partial charge in [-0.15, -0.1) is 0 Å². The highest BCUT2D eigenvalue weighted by molar-refractivity contribution is 5.31. The Morgan fingerprint density at radius 3 is 0.565 bits per heavy atom. The lowest BCUT2D eigenvalue weighted by Gasteiger charge is -2.04. The summed E-state index contributed by atoms with van der Waals surface area (Å²) in [6, 6.07) is 23.2. The fourth-order valence-corrected chi connectivity index (χ4v) is 6.89. The summed E-state index contributed by atoms with van der Waals surface area (Å²) in [4.78, 5) is 0. The largest absolute Gasteiger partial charge is 0.207 e. The Morgan fingerprint density at radius 1 is 0.141 bits per heavy atom. The van der Waals surface area contributed by atoms with Crippen LogP contribution in [0.1, 0.15) is 100 Å². The lowest BCUT2D eigenvalue weighted by atomic mass is 10.1. The molecule has 20 heteroatoms. The Bertz CT molecular complexity index is 3530. The van der Waals surface area contributed by atoms with E-state index in [1.807, 2.05) is 26.0 Å². The van der Waals surface area contributed by atoms with Crippen LogP contribution in [0, 0.1) is 241 Å². The Hall–Kier alpha value is -8.42. The molecule has 92 heavy (non-hydrogen) atoms. The Kier molecular flexibility index (Phi) is 33.0. The zero-order chi connectivity index (χ0) is 71.3. The molecule has 0 atom stereocenters. The van der Waals surface area contributed by atoms with Crippen LogP contribution in [-0.2, 0) is 0 Å². The molecule has 0 amide bonds. The first-order chi connectivity index (χ1) is 42.4. The molecule has 0 aliphatic heterocycles. The van der Waals surface area contributed by atoms with Crippen LogP contribution in [0.5, 0.6) is 0 Å². The predicted molar refractivity (Wildman–Crippen MR) is 322 cm³/mol. The van der Waals surface area contributed by atoms with E-state index in [4.69, 9.17) is 0 Å². The van der Waals surface area contributed by atoms with Crippen molar-refractivity contribution in [1.29, 1.82) is 0 Å². The maximum absolute atomic E-state index is 12.7. The van der Waals surface area contributed by atoms with Crippen LogP contribution < -0.4 is 0 Å². The fraction of sp³-hybridized carbons (Fsp3) is 0.250. The van der Waals surface area contributed by atoms with Crippen molar-refractivity contribution in [1.82, 2.24) is 0 Å². The second-order valence-electron chi connectivity index (χ2n) is 21.3. The van der Waals surface area contributed by atoms with E-state index in [1.165, 1.54) is 118 Å². The first-order valence-electron chi connectivity index (χ1n) is 27.5. The number of benzene rings is 9. The topological polar surface area (TPSA) is 0 Å². The van der Waals surface area contributed by atoms with E-state index in [0.717, 1.165) is 37.1 Å². The molecule has 0 aliphatic carbocycles. The first-order valence-corrected chi connectivity index (χ1v) is 27.5. The van der Waals surface area contributed by atoms with Gasteiger partial charge in [-0.3, -0.25) is 0 Å². The molecule has 0 N–H and O–H groups in total. The van der Waals surface area contributed by atoms with E-state index in [-0.39, 0.29) is 56.6 Å². The molecule has 0 heterocycles. The molecule has 9 rings (SSSR count). The minimum atomic E-state index is -1.33. The average Bonchev–Trinajstić information content (AvgIpc) is 1.15. The predicted octanol–water partition coefficient (Wildman–Crippen LogP) is 23.5. The van der Waals surface area contributed by atoms with Gasteiger partial charge in [0.25, 0.3) is 0 Å². The van der Waals surface area contributed by atoms with Crippen molar-refractivity contribution in [2.75, 3.05) is 0 Å². The van der Waals surface area contributed by atoms with Gasteiger partial charge in [-0.2, -0.15) is 0 Å². The summed E-state index contributed by atoms with van der Waals surface area (Å²) in [6.45, 7) is 26.6. The molecule has 0 bridgehead atoms. The second-order valence-corrected chi connectivity index (χ2v) is 21.3. The van der Waals surface area contributed by atoms with E-state index >= 15 is 0 Å². The molecule has 0 aliphatic rings. The van der Waals surface area contributed by atoms with Crippen LogP contribution in [0.15, 0.2) is 97.1 Å². The van der Waals surface area contributed by atoms with Crippen LogP contribution in [0.4, 0.5) is 87.8 Å². The van der Waals surface area contributed by atoms with Crippen LogP contribution in [0.2, 0.25) is 0 Å². The standard InChI is InChI=1S/C8H6F4.2C8H7F3.4C8H8F2.2C8H9F/c1-3-5(9)7(11)4(2)8(12)6(3)10;2*1-4-3-6(9)5(2)8(11)7(4)10;1-5-3-8(10)6(2)4-7(5)9;2*1-5-3-7(9)6(2)8(10)4-5;1-5-3-4-6(2)8(10)7(5)9;2*1-6-3-4-7(2)8(9)5-6/h1-2H3;2*3H,1-2H3;4*3-4H,1-2H3;2*3-5H,1-2H3. The number of rotatable bonds is 0. The fourth-order valence-electron chi connectivity index (χ4n) is 6.89. The quantitative estimate of drug-likeness (QED) is 0.105. The highest BCUT2D eigenvalue weighted by Gasteiger charge is 2.20. The summed E-state index contributed by atoms with van der Waals surface area (Å²) in [5.41, 5.74) is 4.34. The normalized spacial score (nSPS) is 10.1. The van der Waals surface area contributed by atoms with Gasteiger partial charge in [0.1, 0.15) is 58.2 Å². The van der Waals surface area contributed by atoms with Crippen molar-refractivity contribution in [3.8, 4) is 0 Å². The third-order valence-electron chi connectivity index (χ3n) is 13.3. The highest BCUT2D eigenvalue weighted by atomic mass is 19.2. The molecule has 0 spiro atoms. The van der Waals surface area contributed by atoms with Gasteiger partial charge < -0.3 is 0 Å².